The standard InChI is InChI=1S/C31H38O8/c1-2-3-29(35-19-20-4-17-27-28(18-20)39-27)36-24-13-15-26(16-14-24)38-31(34)22-7-11-25(12-8-22)37-30(33)21-5-9-23(32)10-6-21/h7-8,11-16,20-21,23,27-29,32H,2-6,9-10,17-19H2,1H3. The van der Waals surface area contributed by atoms with E-state index in [4.69, 9.17) is 23.7 Å². The predicted octanol–water partition coefficient (Wildman–Crippen LogP) is 5.45. The van der Waals surface area contributed by atoms with E-state index in [1.807, 2.05) is 0 Å². The van der Waals surface area contributed by atoms with Gasteiger partial charge >= 0.3 is 11.9 Å². The summed E-state index contributed by atoms with van der Waals surface area (Å²) in [4.78, 5) is 25.0. The summed E-state index contributed by atoms with van der Waals surface area (Å²) in [7, 11) is 0. The first-order chi connectivity index (χ1) is 19.0. The Labute approximate surface area is 229 Å². The van der Waals surface area contributed by atoms with Crippen LogP contribution in [0.4, 0.5) is 0 Å². The minimum atomic E-state index is -0.510. The van der Waals surface area contributed by atoms with Crippen molar-refractivity contribution in [3.63, 3.8) is 0 Å². The molecule has 1 saturated heterocycles. The molecule has 4 unspecified atom stereocenters. The number of esters is 2. The molecule has 2 saturated carbocycles. The van der Waals surface area contributed by atoms with Crippen LogP contribution in [0.2, 0.25) is 0 Å². The minimum absolute atomic E-state index is 0.203. The maximum Gasteiger partial charge on any atom is 0.343 e. The van der Waals surface area contributed by atoms with Gasteiger partial charge in [-0.2, -0.15) is 0 Å². The Balaban J connectivity index is 1.08. The first-order valence-corrected chi connectivity index (χ1v) is 14.2. The van der Waals surface area contributed by atoms with Gasteiger partial charge in [0.25, 0.3) is 0 Å². The molecule has 0 aromatic heterocycles. The molecule has 5 rings (SSSR count). The second-order valence-corrected chi connectivity index (χ2v) is 10.9. The second kappa shape index (κ2) is 12.9. The molecular formula is C31H38O8. The Kier molecular flexibility index (Phi) is 9.17. The van der Waals surface area contributed by atoms with Crippen LogP contribution in [0.25, 0.3) is 0 Å². The molecule has 0 spiro atoms. The van der Waals surface area contributed by atoms with Gasteiger partial charge in [-0.05, 0) is 99.4 Å². The van der Waals surface area contributed by atoms with Crippen LogP contribution in [-0.4, -0.2) is 48.3 Å². The van der Waals surface area contributed by atoms with Crippen LogP contribution in [-0.2, 0) is 14.3 Å². The highest BCUT2D eigenvalue weighted by atomic mass is 16.7. The van der Waals surface area contributed by atoms with E-state index in [2.05, 4.69) is 6.92 Å². The van der Waals surface area contributed by atoms with E-state index in [1.165, 1.54) is 0 Å². The molecule has 8 heteroatoms. The van der Waals surface area contributed by atoms with Crippen molar-refractivity contribution in [3.8, 4) is 17.2 Å². The average molecular weight is 539 g/mol. The van der Waals surface area contributed by atoms with E-state index in [0.29, 0.717) is 73.2 Å². The highest BCUT2D eigenvalue weighted by molar-refractivity contribution is 5.91. The molecule has 2 aromatic carbocycles. The highest BCUT2D eigenvalue weighted by Crippen LogP contribution is 2.39. The van der Waals surface area contributed by atoms with Gasteiger partial charge in [0.1, 0.15) is 17.2 Å². The zero-order valence-corrected chi connectivity index (χ0v) is 22.5. The molecule has 0 radical (unpaired) electrons. The van der Waals surface area contributed by atoms with E-state index in [0.717, 1.165) is 32.1 Å². The minimum Gasteiger partial charge on any atom is -0.465 e. The van der Waals surface area contributed by atoms with E-state index >= 15 is 0 Å². The van der Waals surface area contributed by atoms with Crippen molar-refractivity contribution in [1.82, 2.24) is 0 Å². The molecule has 39 heavy (non-hydrogen) atoms. The molecule has 2 aromatic rings. The van der Waals surface area contributed by atoms with Crippen LogP contribution in [0.1, 0.15) is 75.1 Å². The van der Waals surface area contributed by atoms with Crippen molar-refractivity contribution < 1.29 is 38.4 Å². The zero-order chi connectivity index (χ0) is 27.2. The summed E-state index contributed by atoms with van der Waals surface area (Å²) < 4.78 is 28.8. The van der Waals surface area contributed by atoms with Crippen molar-refractivity contribution in [2.45, 2.75) is 89.3 Å². The van der Waals surface area contributed by atoms with Gasteiger partial charge in [0.05, 0.1) is 36.4 Å². The zero-order valence-electron chi connectivity index (χ0n) is 22.5. The van der Waals surface area contributed by atoms with Crippen molar-refractivity contribution in [2.75, 3.05) is 6.61 Å². The third kappa shape index (κ3) is 7.81. The van der Waals surface area contributed by atoms with Crippen molar-refractivity contribution in [1.29, 1.82) is 0 Å². The van der Waals surface area contributed by atoms with Crippen LogP contribution in [0.15, 0.2) is 48.5 Å². The van der Waals surface area contributed by atoms with Gasteiger partial charge in [0, 0.05) is 6.42 Å². The summed E-state index contributed by atoms with van der Waals surface area (Å²) in [5.74, 6) is 0.937. The summed E-state index contributed by atoms with van der Waals surface area (Å²) in [6.45, 7) is 2.78. The number of rotatable bonds is 11. The quantitative estimate of drug-likeness (QED) is 0.174. The number of aliphatic hydroxyl groups excluding tert-OH is 1. The van der Waals surface area contributed by atoms with Crippen LogP contribution in [0, 0.1) is 11.8 Å². The Morgan fingerprint density at radius 3 is 2.23 bits per heavy atom. The lowest BCUT2D eigenvalue weighted by Crippen LogP contribution is -2.27. The van der Waals surface area contributed by atoms with Crippen LogP contribution in [0.3, 0.4) is 0 Å². The number of hydrogen-bond acceptors (Lipinski definition) is 8. The number of fused-ring (bicyclic) bond motifs is 1. The molecule has 2 aliphatic carbocycles. The largest absolute Gasteiger partial charge is 0.465 e. The second-order valence-electron chi connectivity index (χ2n) is 10.9. The van der Waals surface area contributed by atoms with E-state index in [1.54, 1.807) is 48.5 Å². The lowest BCUT2D eigenvalue weighted by molar-refractivity contribution is -0.140. The topological polar surface area (TPSA) is 104 Å². The van der Waals surface area contributed by atoms with E-state index in [9.17, 15) is 14.7 Å². The third-order valence-corrected chi connectivity index (χ3v) is 7.80. The fraction of sp³-hybridized carbons (Fsp3) is 0.548. The Morgan fingerprint density at radius 1 is 0.872 bits per heavy atom. The van der Waals surface area contributed by atoms with Gasteiger partial charge in [0.2, 0.25) is 0 Å². The fourth-order valence-corrected chi connectivity index (χ4v) is 5.37. The van der Waals surface area contributed by atoms with E-state index in [-0.39, 0.29) is 24.3 Å². The van der Waals surface area contributed by atoms with Gasteiger partial charge in [-0.25, -0.2) is 4.79 Å². The molecule has 1 N–H and O–H groups in total. The number of carbonyl (C=O) groups excluding carboxylic acids is 2. The predicted molar refractivity (Wildman–Crippen MR) is 143 cm³/mol. The van der Waals surface area contributed by atoms with Gasteiger partial charge in [-0.3, -0.25) is 4.79 Å². The molecule has 1 heterocycles. The number of ether oxygens (including phenoxy) is 5. The van der Waals surface area contributed by atoms with Gasteiger partial charge < -0.3 is 28.8 Å². The van der Waals surface area contributed by atoms with Crippen LogP contribution in [0.5, 0.6) is 17.2 Å². The summed E-state index contributed by atoms with van der Waals surface area (Å²) >= 11 is 0. The number of carbonyl (C=O) groups is 2. The Bertz CT molecular complexity index is 1090. The maximum atomic E-state index is 12.6. The number of epoxide rings is 1. The number of hydrogen-bond donors (Lipinski definition) is 1. The number of benzene rings is 2. The molecule has 3 fully saturated rings. The Hall–Kier alpha value is -2.94. The smallest absolute Gasteiger partial charge is 0.343 e. The lowest BCUT2D eigenvalue weighted by atomic mass is 9.87. The molecule has 1 aliphatic heterocycles. The first kappa shape index (κ1) is 27.6. The summed E-state index contributed by atoms with van der Waals surface area (Å²) in [5.41, 5.74) is 0.345. The third-order valence-electron chi connectivity index (χ3n) is 7.80. The fourth-order valence-electron chi connectivity index (χ4n) is 5.37. The summed E-state index contributed by atoms with van der Waals surface area (Å²) in [6, 6.07) is 13.2. The van der Waals surface area contributed by atoms with Crippen molar-refractivity contribution in [2.24, 2.45) is 11.8 Å². The summed E-state index contributed by atoms with van der Waals surface area (Å²) in [5, 5.41) is 9.61. The molecule has 0 bridgehead atoms. The molecule has 0 amide bonds. The average Bonchev–Trinajstić information content (AvgIpc) is 3.73. The number of aliphatic hydroxyl groups is 1. The maximum absolute atomic E-state index is 12.6. The molecule has 210 valence electrons. The SMILES string of the molecule is CCCC(OCC1CCC2OC2C1)Oc1ccc(OC(=O)c2ccc(OC(=O)C3CCC(O)CC3)cc2)cc1. The molecule has 8 nitrogen and oxygen atoms in total. The van der Waals surface area contributed by atoms with Gasteiger partial charge in [-0.15, -0.1) is 0 Å². The van der Waals surface area contributed by atoms with E-state index < -0.39 is 5.97 Å². The monoisotopic (exact) mass is 538 g/mol. The van der Waals surface area contributed by atoms with Crippen molar-refractivity contribution in [3.05, 3.63) is 54.1 Å². The van der Waals surface area contributed by atoms with Gasteiger partial charge in [0.15, 0.2) is 6.29 Å². The van der Waals surface area contributed by atoms with Crippen LogP contribution >= 0.6 is 0 Å². The molecule has 3 aliphatic rings. The van der Waals surface area contributed by atoms with Gasteiger partial charge in [-0.1, -0.05) is 13.3 Å². The summed E-state index contributed by atoms with van der Waals surface area (Å²) in [6.07, 6.45) is 7.83. The van der Waals surface area contributed by atoms with Crippen LogP contribution < -0.4 is 14.2 Å². The normalized spacial score (nSPS) is 26.7. The Morgan fingerprint density at radius 2 is 1.54 bits per heavy atom. The highest BCUT2D eigenvalue weighted by Gasteiger charge is 2.43. The molecular weight excluding hydrogens is 500 g/mol. The van der Waals surface area contributed by atoms with Crippen molar-refractivity contribution >= 4 is 11.9 Å². The molecule has 4 atom stereocenters. The first-order valence-electron chi connectivity index (χ1n) is 14.2. The lowest BCUT2D eigenvalue weighted by Gasteiger charge is -2.24.